The van der Waals surface area contributed by atoms with Gasteiger partial charge in [0.25, 0.3) is 0 Å². The van der Waals surface area contributed by atoms with Gasteiger partial charge in [0.1, 0.15) is 5.82 Å². The first-order chi connectivity index (χ1) is 11.1. The predicted molar refractivity (Wildman–Crippen MR) is 85.5 cm³/mol. The number of halogens is 1. The molecule has 3 rings (SSSR count). The van der Waals surface area contributed by atoms with Crippen LogP contribution in [0.15, 0.2) is 24.3 Å². The molecule has 0 spiro atoms. The Bertz CT molecular complexity index is 579. The number of anilines is 1. The van der Waals surface area contributed by atoms with Gasteiger partial charge in [0, 0.05) is 32.1 Å². The van der Waals surface area contributed by atoms with Crippen molar-refractivity contribution in [3.63, 3.8) is 0 Å². The number of amides is 3. The summed E-state index contributed by atoms with van der Waals surface area (Å²) in [6, 6.07) is 6.26. The highest BCUT2D eigenvalue weighted by molar-refractivity contribution is 5.92. The van der Waals surface area contributed by atoms with Gasteiger partial charge in [-0.05, 0) is 37.8 Å². The van der Waals surface area contributed by atoms with E-state index in [0.717, 1.165) is 25.9 Å². The molecule has 0 bridgehead atoms. The molecule has 2 fully saturated rings. The van der Waals surface area contributed by atoms with Gasteiger partial charge >= 0.3 is 6.03 Å². The maximum absolute atomic E-state index is 13.6. The quantitative estimate of drug-likeness (QED) is 0.911. The fraction of sp³-hybridized carbons (Fsp3) is 0.529. The second-order valence-corrected chi connectivity index (χ2v) is 6.21. The lowest BCUT2D eigenvalue weighted by Crippen LogP contribution is -2.47. The number of rotatable bonds is 2. The Kier molecular flexibility index (Phi) is 4.79. The van der Waals surface area contributed by atoms with Gasteiger partial charge in [0.15, 0.2) is 0 Å². The van der Waals surface area contributed by atoms with Crippen LogP contribution in [0.4, 0.5) is 14.9 Å². The van der Waals surface area contributed by atoms with Gasteiger partial charge < -0.3 is 15.1 Å². The summed E-state index contributed by atoms with van der Waals surface area (Å²) < 4.78 is 13.6. The zero-order chi connectivity index (χ0) is 16.2. The number of nitrogens with zero attached hydrogens (tertiary/aromatic N) is 2. The molecule has 0 saturated carbocycles. The second kappa shape index (κ2) is 6.98. The summed E-state index contributed by atoms with van der Waals surface area (Å²) in [6.07, 6.45) is 3.40. The Morgan fingerprint density at radius 2 is 1.61 bits per heavy atom. The lowest BCUT2D eigenvalue weighted by Gasteiger charge is -2.34. The number of carbonyl (C=O) groups excluding carboxylic acids is 2. The molecular weight excluding hydrogens is 297 g/mol. The highest BCUT2D eigenvalue weighted by Gasteiger charge is 2.30. The van der Waals surface area contributed by atoms with Gasteiger partial charge in [0.2, 0.25) is 5.91 Å². The summed E-state index contributed by atoms with van der Waals surface area (Å²) in [5, 5.41) is 2.65. The minimum absolute atomic E-state index is 0.0930. The van der Waals surface area contributed by atoms with E-state index >= 15 is 0 Å². The number of hydrogen-bond donors (Lipinski definition) is 1. The Labute approximate surface area is 135 Å². The fourth-order valence-electron chi connectivity index (χ4n) is 3.24. The monoisotopic (exact) mass is 319 g/mol. The third kappa shape index (κ3) is 3.63. The Morgan fingerprint density at radius 3 is 2.26 bits per heavy atom. The standard InChI is InChI=1S/C17H22FN3O2/c18-14-5-1-2-6-15(14)19-16(22)13-7-11-21(12-8-13)17(23)20-9-3-4-10-20/h1-2,5-6,13H,3-4,7-12H2,(H,19,22). The third-order valence-electron chi connectivity index (χ3n) is 4.64. The van der Waals surface area contributed by atoms with Crippen LogP contribution in [0.2, 0.25) is 0 Å². The van der Waals surface area contributed by atoms with Crippen LogP contribution in [0.3, 0.4) is 0 Å². The van der Waals surface area contributed by atoms with Crippen LogP contribution in [0, 0.1) is 11.7 Å². The topological polar surface area (TPSA) is 52.7 Å². The molecule has 1 N–H and O–H groups in total. The average molecular weight is 319 g/mol. The van der Waals surface area contributed by atoms with Crippen molar-refractivity contribution in [1.29, 1.82) is 0 Å². The summed E-state index contributed by atoms with van der Waals surface area (Å²) in [6.45, 7) is 2.86. The Hall–Kier alpha value is -2.11. The van der Waals surface area contributed by atoms with Gasteiger partial charge in [-0.15, -0.1) is 0 Å². The lowest BCUT2D eigenvalue weighted by molar-refractivity contribution is -0.121. The van der Waals surface area contributed by atoms with E-state index in [1.54, 1.807) is 18.2 Å². The molecule has 0 aromatic heterocycles. The van der Waals surface area contributed by atoms with Crippen molar-refractivity contribution >= 4 is 17.6 Å². The number of urea groups is 1. The molecule has 2 aliphatic rings. The SMILES string of the molecule is O=C(Nc1ccccc1F)C1CCN(C(=O)N2CCCC2)CC1. The number of para-hydroxylation sites is 1. The number of hydrogen-bond acceptors (Lipinski definition) is 2. The van der Waals surface area contributed by atoms with Crippen molar-refractivity contribution in [3.05, 3.63) is 30.1 Å². The minimum atomic E-state index is -0.428. The van der Waals surface area contributed by atoms with Crippen LogP contribution in [-0.4, -0.2) is 47.9 Å². The molecule has 0 aliphatic carbocycles. The van der Waals surface area contributed by atoms with Crippen LogP contribution in [-0.2, 0) is 4.79 Å². The zero-order valence-electron chi connectivity index (χ0n) is 13.1. The van der Waals surface area contributed by atoms with Crippen LogP contribution < -0.4 is 5.32 Å². The molecule has 0 atom stereocenters. The van der Waals surface area contributed by atoms with Gasteiger partial charge in [-0.25, -0.2) is 9.18 Å². The largest absolute Gasteiger partial charge is 0.325 e. The molecule has 0 radical (unpaired) electrons. The summed E-state index contributed by atoms with van der Waals surface area (Å²) in [5.41, 5.74) is 0.216. The minimum Gasteiger partial charge on any atom is -0.325 e. The normalized spacial score (nSPS) is 19.0. The Balaban J connectivity index is 1.51. The first-order valence-corrected chi connectivity index (χ1v) is 8.24. The molecule has 1 aromatic carbocycles. The maximum Gasteiger partial charge on any atom is 0.319 e. The van der Waals surface area contributed by atoms with E-state index in [0.29, 0.717) is 25.9 Å². The van der Waals surface area contributed by atoms with Crippen molar-refractivity contribution in [2.24, 2.45) is 5.92 Å². The summed E-state index contributed by atoms with van der Waals surface area (Å²) >= 11 is 0. The first-order valence-electron chi connectivity index (χ1n) is 8.24. The molecule has 2 aliphatic heterocycles. The second-order valence-electron chi connectivity index (χ2n) is 6.21. The smallest absolute Gasteiger partial charge is 0.319 e. The number of likely N-dealkylation sites (tertiary alicyclic amines) is 2. The average Bonchev–Trinajstić information content (AvgIpc) is 3.11. The molecule has 5 nitrogen and oxygen atoms in total. The maximum atomic E-state index is 13.6. The number of carbonyl (C=O) groups is 2. The van der Waals surface area contributed by atoms with E-state index in [2.05, 4.69) is 5.32 Å². The van der Waals surface area contributed by atoms with E-state index in [9.17, 15) is 14.0 Å². The summed E-state index contributed by atoms with van der Waals surface area (Å²) in [4.78, 5) is 28.3. The van der Waals surface area contributed by atoms with Gasteiger partial charge in [-0.1, -0.05) is 12.1 Å². The molecule has 1 aromatic rings. The van der Waals surface area contributed by atoms with Crippen molar-refractivity contribution < 1.29 is 14.0 Å². The summed E-state index contributed by atoms with van der Waals surface area (Å²) in [5.74, 6) is -0.761. The van der Waals surface area contributed by atoms with Crippen molar-refractivity contribution in [2.75, 3.05) is 31.5 Å². The van der Waals surface area contributed by atoms with E-state index in [4.69, 9.17) is 0 Å². The molecule has 6 heteroatoms. The number of benzene rings is 1. The molecule has 0 unspecified atom stereocenters. The van der Waals surface area contributed by atoms with Gasteiger partial charge in [-0.3, -0.25) is 4.79 Å². The number of nitrogens with one attached hydrogen (secondary N) is 1. The first kappa shape index (κ1) is 15.8. The van der Waals surface area contributed by atoms with Crippen LogP contribution in [0.1, 0.15) is 25.7 Å². The van der Waals surface area contributed by atoms with Crippen LogP contribution >= 0.6 is 0 Å². The molecule has 3 amide bonds. The highest BCUT2D eigenvalue weighted by Crippen LogP contribution is 2.22. The molecule has 23 heavy (non-hydrogen) atoms. The lowest BCUT2D eigenvalue weighted by atomic mass is 9.96. The Morgan fingerprint density at radius 1 is 1.00 bits per heavy atom. The van der Waals surface area contributed by atoms with E-state index < -0.39 is 5.82 Å². The van der Waals surface area contributed by atoms with Gasteiger partial charge in [-0.2, -0.15) is 0 Å². The van der Waals surface area contributed by atoms with E-state index in [1.807, 2.05) is 9.80 Å². The van der Waals surface area contributed by atoms with E-state index in [1.165, 1.54) is 6.07 Å². The molecular formula is C17H22FN3O2. The fourth-order valence-corrected chi connectivity index (χ4v) is 3.24. The van der Waals surface area contributed by atoms with Gasteiger partial charge in [0.05, 0.1) is 5.69 Å². The molecule has 2 heterocycles. The summed E-state index contributed by atoms with van der Waals surface area (Å²) in [7, 11) is 0. The van der Waals surface area contributed by atoms with Crippen molar-refractivity contribution in [3.8, 4) is 0 Å². The van der Waals surface area contributed by atoms with Crippen LogP contribution in [0.25, 0.3) is 0 Å². The predicted octanol–water partition coefficient (Wildman–Crippen LogP) is 2.69. The van der Waals surface area contributed by atoms with Crippen molar-refractivity contribution in [1.82, 2.24) is 9.80 Å². The molecule has 124 valence electrons. The number of piperidine rings is 1. The third-order valence-corrected chi connectivity index (χ3v) is 4.64. The van der Waals surface area contributed by atoms with Crippen LogP contribution in [0.5, 0.6) is 0 Å². The highest BCUT2D eigenvalue weighted by atomic mass is 19.1. The van der Waals surface area contributed by atoms with E-state index in [-0.39, 0.29) is 23.5 Å². The molecule has 2 saturated heterocycles. The zero-order valence-corrected chi connectivity index (χ0v) is 13.1. The van der Waals surface area contributed by atoms with Crippen molar-refractivity contribution in [2.45, 2.75) is 25.7 Å².